The Morgan fingerprint density at radius 1 is 1.10 bits per heavy atom. The summed E-state index contributed by atoms with van der Waals surface area (Å²) in [5, 5.41) is 2.56. The first kappa shape index (κ1) is 23.0. The number of anilines is 1. The highest BCUT2D eigenvalue weighted by Gasteiger charge is 2.65. The molecule has 1 fully saturated rings. The van der Waals surface area contributed by atoms with Crippen molar-refractivity contribution in [3.63, 3.8) is 0 Å². The number of rotatable bonds is 5. The van der Waals surface area contributed by atoms with Crippen molar-refractivity contribution in [3.8, 4) is 21.6 Å². The molecule has 160 valence electrons. The van der Waals surface area contributed by atoms with Gasteiger partial charge in [-0.3, -0.25) is 4.98 Å². The summed E-state index contributed by atoms with van der Waals surface area (Å²) >= 11 is 9.42. The van der Waals surface area contributed by atoms with Gasteiger partial charge in [0.05, 0.1) is 10.7 Å². The maximum atomic E-state index is 13.4. The van der Waals surface area contributed by atoms with Crippen LogP contribution in [-0.2, 0) is 5.41 Å². The van der Waals surface area contributed by atoms with Crippen LogP contribution < -0.4 is 4.72 Å². The summed E-state index contributed by atoms with van der Waals surface area (Å²) in [6, 6.07) is 11.0. The zero-order valence-corrected chi connectivity index (χ0v) is 19.2. The Labute approximate surface area is 188 Å². The number of alkyl halides is 3. The molecule has 1 aliphatic carbocycles. The first-order valence-electron chi connectivity index (χ1n) is 9.55. The van der Waals surface area contributed by atoms with E-state index < -0.39 is 11.6 Å². The van der Waals surface area contributed by atoms with Crippen LogP contribution in [0.2, 0.25) is 5.02 Å². The lowest BCUT2D eigenvalue weighted by atomic mass is 9.98. The summed E-state index contributed by atoms with van der Waals surface area (Å²) < 4.78 is 43.4. The fraction of sp³-hybridized carbons (Fsp3) is 0.318. The number of halogens is 4. The summed E-state index contributed by atoms with van der Waals surface area (Å²) in [7, 11) is 0. The molecule has 0 aliphatic heterocycles. The molecule has 1 saturated carbocycles. The van der Waals surface area contributed by atoms with Crippen LogP contribution in [0.25, 0.3) is 21.6 Å². The molecule has 2 nitrogen and oxygen atoms in total. The number of nitrogens with one attached hydrogen (secondary N) is 1. The first-order chi connectivity index (χ1) is 14.3. The Morgan fingerprint density at radius 3 is 2.43 bits per heavy atom. The fourth-order valence-corrected chi connectivity index (χ4v) is 4.87. The number of hydrogen-bond donors (Lipinski definition) is 1. The van der Waals surface area contributed by atoms with E-state index in [0.717, 1.165) is 27.3 Å². The molecule has 2 aromatic heterocycles. The SMILES string of the molecule is CC.CSNc1ccc(-c2cc(-c3ccnc(C4(C(F)(F)F)CC4)c3)cs2)c(Cl)c1. The molecular formula is C22H22ClF3N2S2. The van der Waals surface area contributed by atoms with Crippen LogP contribution in [-0.4, -0.2) is 17.4 Å². The maximum Gasteiger partial charge on any atom is 0.399 e. The van der Waals surface area contributed by atoms with Crippen molar-refractivity contribution in [1.29, 1.82) is 0 Å². The molecule has 0 atom stereocenters. The summed E-state index contributed by atoms with van der Waals surface area (Å²) in [5.74, 6) is 0. The molecule has 0 bridgehead atoms. The highest BCUT2D eigenvalue weighted by molar-refractivity contribution is 7.99. The Balaban J connectivity index is 0.00000124. The van der Waals surface area contributed by atoms with E-state index in [1.807, 2.05) is 49.7 Å². The number of aromatic nitrogens is 1. The van der Waals surface area contributed by atoms with E-state index in [4.69, 9.17) is 11.6 Å². The maximum absolute atomic E-state index is 13.4. The van der Waals surface area contributed by atoms with Crippen LogP contribution in [0, 0.1) is 0 Å². The minimum Gasteiger partial charge on any atom is -0.330 e. The largest absolute Gasteiger partial charge is 0.399 e. The quantitative estimate of drug-likeness (QED) is 0.378. The van der Waals surface area contributed by atoms with Gasteiger partial charge in [0.25, 0.3) is 0 Å². The van der Waals surface area contributed by atoms with Gasteiger partial charge in [0.15, 0.2) is 0 Å². The molecule has 0 saturated heterocycles. The first-order valence-corrected chi connectivity index (χ1v) is 12.0. The molecule has 0 unspecified atom stereocenters. The van der Waals surface area contributed by atoms with E-state index in [0.29, 0.717) is 5.02 Å². The lowest BCUT2D eigenvalue weighted by Gasteiger charge is -2.18. The summed E-state index contributed by atoms with van der Waals surface area (Å²) in [5.41, 5.74) is 1.75. The van der Waals surface area contributed by atoms with Crippen molar-refractivity contribution >= 4 is 40.6 Å². The zero-order chi connectivity index (χ0) is 21.9. The molecule has 1 aromatic carbocycles. The van der Waals surface area contributed by atoms with E-state index in [2.05, 4.69) is 9.71 Å². The van der Waals surface area contributed by atoms with Gasteiger partial charge in [-0.05, 0) is 65.7 Å². The minimum absolute atomic E-state index is 0.105. The molecule has 1 aliphatic rings. The van der Waals surface area contributed by atoms with E-state index in [1.165, 1.54) is 29.5 Å². The second-order valence-electron chi connectivity index (χ2n) is 6.71. The number of pyridine rings is 1. The Kier molecular flexibility index (Phi) is 7.05. The fourth-order valence-electron chi connectivity index (χ4n) is 3.21. The molecule has 4 rings (SSSR count). The second kappa shape index (κ2) is 9.20. The van der Waals surface area contributed by atoms with Crippen LogP contribution in [0.1, 0.15) is 32.4 Å². The number of benzene rings is 1. The van der Waals surface area contributed by atoms with E-state index >= 15 is 0 Å². The third-order valence-electron chi connectivity index (χ3n) is 4.93. The standard InChI is InChI=1S/C20H16ClF3N2S2.C2H6/c1-27-26-14-2-3-15(16(21)10-14)17-8-13(11-28-17)12-4-7-25-18(9-12)19(5-6-19)20(22,23)24;1-2/h2-4,7-11,26H,5-6H2,1H3;1-2H3. The summed E-state index contributed by atoms with van der Waals surface area (Å²) in [6.07, 6.45) is -0.662. The van der Waals surface area contributed by atoms with E-state index in [1.54, 1.807) is 12.1 Å². The van der Waals surface area contributed by atoms with Crippen LogP contribution in [0.15, 0.2) is 48.0 Å². The van der Waals surface area contributed by atoms with E-state index in [9.17, 15) is 13.2 Å². The Hall–Kier alpha value is -1.70. The van der Waals surface area contributed by atoms with Gasteiger partial charge in [0.1, 0.15) is 5.41 Å². The molecular weight excluding hydrogens is 449 g/mol. The van der Waals surface area contributed by atoms with Crippen LogP contribution in [0.4, 0.5) is 18.9 Å². The van der Waals surface area contributed by atoms with Gasteiger partial charge >= 0.3 is 6.18 Å². The van der Waals surface area contributed by atoms with Crippen molar-refractivity contribution in [2.75, 3.05) is 11.0 Å². The highest BCUT2D eigenvalue weighted by Crippen LogP contribution is 2.58. The monoisotopic (exact) mass is 470 g/mol. The van der Waals surface area contributed by atoms with Crippen LogP contribution >= 0.6 is 34.9 Å². The number of hydrogen-bond acceptors (Lipinski definition) is 4. The third kappa shape index (κ3) is 4.48. The molecule has 30 heavy (non-hydrogen) atoms. The average Bonchev–Trinajstić information content (AvgIpc) is 3.42. The second-order valence-corrected chi connectivity index (χ2v) is 8.64. The lowest BCUT2D eigenvalue weighted by Crippen LogP contribution is -2.29. The lowest BCUT2D eigenvalue weighted by molar-refractivity contribution is -0.161. The minimum atomic E-state index is -4.27. The van der Waals surface area contributed by atoms with Crippen molar-refractivity contribution in [2.45, 2.75) is 38.3 Å². The molecule has 0 amide bonds. The molecule has 8 heteroatoms. The van der Waals surface area contributed by atoms with Crippen LogP contribution in [0.5, 0.6) is 0 Å². The molecule has 1 N–H and O–H groups in total. The van der Waals surface area contributed by atoms with Gasteiger partial charge in [-0.15, -0.1) is 11.3 Å². The van der Waals surface area contributed by atoms with Gasteiger partial charge in [0.2, 0.25) is 0 Å². The Bertz CT molecular complexity index is 1010. The third-order valence-corrected chi connectivity index (χ3v) is 6.65. The normalized spacial score (nSPS) is 14.6. The van der Waals surface area contributed by atoms with Gasteiger partial charge in [0, 0.05) is 28.6 Å². The average molecular weight is 471 g/mol. The summed E-state index contributed by atoms with van der Waals surface area (Å²) in [6.45, 7) is 4.00. The molecule has 0 spiro atoms. The Morgan fingerprint density at radius 2 is 1.83 bits per heavy atom. The van der Waals surface area contributed by atoms with Crippen molar-refractivity contribution in [3.05, 3.63) is 58.7 Å². The van der Waals surface area contributed by atoms with Crippen LogP contribution in [0.3, 0.4) is 0 Å². The number of thiophene rings is 1. The smallest absolute Gasteiger partial charge is 0.330 e. The number of nitrogens with zero attached hydrogens (tertiary/aromatic N) is 1. The van der Waals surface area contributed by atoms with Gasteiger partial charge in [-0.25, -0.2) is 0 Å². The van der Waals surface area contributed by atoms with Crippen molar-refractivity contribution < 1.29 is 13.2 Å². The molecule has 2 heterocycles. The predicted molar refractivity (Wildman–Crippen MR) is 123 cm³/mol. The van der Waals surface area contributed by atoms with Crippen molar-refractivity contribution in [2.24, 2.45) is 0 Å². The summed E-state index contributed by atoms with van der Waals surface area (Å²) in [4.78, 5) is 4.99. The highest BCUT2D eigenvalue weighted by atomic mass is 35.5. The molecule has 0 radical (unpaired) electrons. The predicted octanol–water partition coefficient (Wildman–Crippen LogP) is 8.44. The van der Waals surface area contributed by atoms with Crippen molar-refractivity contribution in [1.82, 2.24) is 4.98 Å². The van der Waals surface area contributed by atoms with Gasteiger partial charge in [-0.2, -0.15) is 13.2 Å². The van der Waals surface area contributed by atoms with Gasteiger partial charge < -0.3 is 4.72 Å². The topological polar surface area (TPSA) is 24.9 Å². The van der Waals surface area contributed by atoms with Gasteiger partial charge in [-0.1, -0.05) is 37.4 Å². The zero-order valence-electron chi connectivity index (χ0n) is 16.8. The molecule has 3 aromatic rings. The van der Waals surface area contributed by atoms with E-state index in [-0.39, 0.29) is 18.5 Å².